The quantitative estimate of drug-likeness (QED) is 0.170. The molecule has 0 fully saturated rings. The highest BCUT2D eigenvalue weighted by Gasteiger charge is 2.22. The van der Waals surface area contributed by atoms with Crippen LogP contribution in [0, 0.1) is 6.92 Å². The third-order valence-electron chi connectivity index (χ3n) is 12.2. The van der Waals surface area contributed by atoms with E-state index < -0.39 is 0 Å². The van der Waals surface area contributed by atoms with E-state index in [4.69, 9.17) is 4.42 Å². The minimum absolute atomic E-state index is 0.902. The van der Waals surface area contributed by atoms with Gasteiger partial charge in [-0.3, -0.25) is 0 Å². The van der Waals surface area contributed by atoms with Gasteiger partial charge in [0, 0.05) is 38.4 Å². The number of aromatic nitrogens is 1. The number of hydrogen-bond donors (Lipinski definition) is 0. The molecule has 0 amide bonds. The van der Waals surface area contributed by atoms with Crippen molar-refractivity contribution < 1.29 is 4.42 Å². The fourth-order valence-electron chi connectivity index (χ4n) is 9.40. The van der Waals surface area contributed by atoms with Crippen LogP contribution in [0.2, 0.25) is 0 Å². The molecular formula is C59H43NO. The molecule has 2 aromatic heterocycles. The van der Waals surface area contributed by atoms with Crippen molar-refractivity contribution in [2.75, 3.05) is 0 Å². The van der Waals surface area contributed by atoms with E-state index in [0.29, 0.717) is 0 Å². The molecule has 12 rings (SSSR count). The van der Waals surface area contributed by atoms with Crippen LogP contribution in [-0.2, 0) is 0 Å². The molecule has 0 saturated heterocycles. The molecule has 61 heavy (non-hydrogen) atoms. The second kappa shape index (κ2) is 14.9. The first-order valence-electron chi connectivity index (χ1n) is 21.3. The molecule has 12 aromatic rings. The lowest BCUT2D eigenvalue weighted by molar-refractivity contribution is 0.670. The van der Waals surface area contributed by atoms with Crippen LogP contribution >= 0.6 is 0 Å². The summed E-state index contributed by atoms with van der Waals surface area (Å²) < 4.78 is 9.38. The van der Waals surface area contributed by atoms with Crippen LogP contribution in [-0.4, -0.2) is 4.57 Å². The van der Waals surface area contributed by atoms with Crippen LogP contribution in [0.5, 0.6) is 0 Å². The molecule has 0 unspecified atom stereocenters. The SMILES string of the molecule is CC.Cc1cccc(-c2cc(-c3ccc(-c4ccccc4)cc3)cc(-n3c4cc5ccccc5cc4c4cccc(-c5cccc6c5oc5ccc7ccccc7c56)c43)c2)c1. The summed E-state index contributed by atoms with van der Waals surface area (Å²) >= 11 is 0. The van der Waals surface area contributed by atoms with Crippen LogP contribution in [0.3, 0.4) is 0 Å². The number of benzene rings is 10. The molecule has 0 aliphatic rings. The topological polar surface area (TPSA) is 18.1 Å². The summed E-state index contributed by atoms with van der Waals surface area (Å²) in [7, 11) is 0. The third kappa shape index (κ3) is 6.10. The van der Waals surface area contributed by atoms with Gasteiger partial charge in [-0.15, -0.1) is 0 Å². The van der Waals surface area contributed by atoms with Crippen molar-refractivity contribution in [3.8, 4) is 50.2 Å². The highest BCUT2D eigenvalue weighted by atomic mass is 16.3. The van der Waals surface area contributed by atoms with Gasteiger partial charge in [-0.25, -0.2) is 0 Å². The van der Waals surface area contributed by atoms with E-state index in [1.807, 2.05) is 13.8 Å². The Morgan fingerprint density at radius 3 is 1.74 bits per heavy atom. The van der Waals surface area contributed by atoms with E-state index >= 15 is 0 Å². The molecule has 10 aromatic carbocycles. The average molecular weight is 782 g/mol. The van der Waals surface area contributed by atoms with Gasteiger partial charge in [0.1, 0.15) is 11.2 Å². The van der Waals surface area contributed by atoms with Gasteiger partial charge in [0.2, 0.25) is 0 Å². The molecule has 0 aliphatic carbocycles. The van der Waals surface area contributed by atoms with Crippen molar-refractivity contribution >= 4 is 65.3 Å². The zero-order chi connectivity index (χ0) is 41.0. The Morgan fingerprint density at radius 1 is 0.377 bits per heavy atom. The molecule has 0 saturated carbocycles. The molecule has 0 spiro atoms. The first-order valence-corrected chi connectivity index (χ1v) is 21.3. The van der Waals surface area contributed by atoms with Crippen LogP contribution in [0.15, 0.2) is 211 Å². The predicted molar refractivity (Wildman–Crippen MR) is 261 cm³/mol. The largest absolute Gasteiger partial charge is 0.455 e. The van der Waals surface area contributed by atoms with E-state index in [-0.39, 0.29) is 0 Å². The maximum Gasteiger partial charge on any atom is 0.143 e. The lowest BCUT2D eigenvalue weighted by Gasteiger charge is -2.16. The van der Waals surface area contributed by atoms with Gasteiger partial charge in [0.25, 0.3) is 0 Å². The van der Waals surface area contributed by atoms with E-state index in [2.05, 4.69) is 218 Å². The molecule has 2 nitrogen and oxygen atoms in total. The van der Waals surface area contributed by atoms with Gasteiger partial charge in [-0.1, -0.05) is 189 Å². The summed E-state index contributed by atoms with van der Waals surface area (Å²) in [6, 6.07) is 75.2. The lowest BCUT2D eigenvalue weighted by Crippen LogP contribution is -1.98. The van der Waals surface area contributed by atoms with Gasteiger partial charge in [-0.2, -0.15) is 0 Å². The predicted octanol–water partition coefficient (Wildman–Crippen LogP) is 17.0. The van der Waals surface area contributed by atoms with E-state index in [1.54, 1.807) is 0 Å². The van der Waals surface area contributed by atoms with E-state index in [1.165, 1.54) is 71.2 Å². The molecule has 0 aliphatic heterocycles. The molecule has 290 valence electrons. The third-order valence-corrected chi connectivity index (χ3v) is 12.2. The second-order valence-electron chi connectivity index (χ2n) is 15.8. The number of para-hydroxylation sites is 2. The monoisotopic (exact) mass is 781 g/mol. The fraction of sp³-hybridized carbons (Fsp3) is 0.0508. The highest BCUT2D eigenvalue weighted by Crippen LogP contribution is 2.45. The molecule has 0 bridgehead atoms. The number of rotatable bonds is 5. The maximum absolute atomic E-state index is 6.88. The maximum atomic E-state index is 6.88. The molecule has 2 heterocycles. The second-order valence-corrected chi connectivity index (χ2v) is 15.8. The highest BCUT2D eigenvalue weighted by molar-refractivity contribution is 6.23. The molecule has 0 radical (unpaired) electrons. The van der Waals surface area contributed by atoms with Crippen LogP contribution in [0.4, 0.5) is 0 Å². The first-order chi connectivity index (χ1) is 30.1. The van der Waals surface area contributed by atoms with Crippen molar-refractivity contribution in [1.29, 1.82) is 0 Å². The smallest absolute Gasteiger partial charge is 0.143 e. The van der Waals surface area contributed by atoms with E-state index in [9.17, 15) is 0 Å². The number of furan rings is 1. The van der Waals surface area contributed by atoms with Gasteiger partial charge in [-0.05, 0) is 98.2 Å². The summed E-state index contributed by atoms with van der Waals surface area (Å²) in [5.41, 5.74) is 15.8. The van der Waals surface area contributed by atoms with E-state index in [0.717, 1.165) is 49.8 Å². The van der Waals surface area contributed by atoms with Crippen molar-refractivity contribution in [3.05, 3.63) is 212 Å². The Balaban J connectivity index is 0.00000207. The van der Waals surface area contributed by atoms with Gasteiger partial charge >= 0.3 is 0 Å². The molecule has 0 N–H and O–H groups in total. The summed E-state index contributed by atoms with van der Waals surface area (Å²) in [5, 5.41) is 9.56. The number of nitrogens with zero attached hydrogens (tertiary/aromatic N) is 1. The summed E-state index contributed by atoms with van der Waals surface area (Å²) in [5.74, 6) is 0. The van der Waals surface area contributed by atoms with Gasteiger partial charge in [0.15, 0.2) is 0 Å². The van der Waals surface area contributed by atoms with Gasteiger partial charge < -0.3 is 8.98 Å². The van der Waals surface area contributed by atoms with Crippen molar-refractivity contribution in [1.82, 2.24) is 4.57 Å². The van der Waals surface area contributed by atoms with Crippen LogP contribution in [0.1, 0.15) is 19.4 Å². The van der Waals surface area contributed by atoms with Crippen molar-refractivity contribution in [2.24, 2.45) is 0 Å². The zero-order valence-corrected chi connectivity index (χ0v) is 34.5. The standard InChI is InChI=1S/C57H37NO.C2H6/c1-36-12-9-18-41(30-36)45-31-44(39-26-24-38(25-27-39)37-13-3-2-4-14-37)32-46(33-45)58-53-35-43-17-6-5-16-42(43)34-52(53)49-21-10-20-48(56(49)58)50-22-11-23-51-55-47-19-8-7-15-40(47)28-29-54(55)59-57(50)51;1-2/h2-35H,1H3;1-2H3. The Hall–Kier alpha value is -7.68. The Kier molecular flexibility index (Phi) is 8.86. The Morgan fingerprint density at radius 2 is 0.967 bits per heavy atom. The number of fused-ring (bicyclic) bond motifs is 9. The number of aryl methyl sites for hydroxylation is 1. The number of hydrogen-bond acceptors (Lipinski definition) is 1. The summed E-state index contributed by atoms with van der Waals surface area (Å²) in [6.45, 7) is 6.17. The van der Waals surface area contributed by atoms with Crippen molar-refractivity contribution in [2.45, 2.75) is 20.8 Å². The summed E-state index contributed by atoms with van der Waals surface area (Å²) in [6.07, 6.45) is 0. The fourth-order valence-corrected chi connectivity index (χ4v) is 9.40. The molecule has 2 heteroatoms. The molecular weight excluding hydrogens is 739 g/mol. The zero-order valence-electron chi connectivity index (χ0n) is 34.5. The van der Waals surface area contributed by atoms with Crippen LogP contribution in [0.25, 0.3) is 115 Å². The van der Waals surface area contributed by atoms with Crippen molar-refractivity contribution in [3.63, 3.8) is 0 Å². The molecule has 0 atom stereocenters. The Labute approximate surface area is 355 Å². The summed E-state index contributed by atoms with van der Waals surface area (Å²) in [4.78, 5) is 0. The Bertz CT molecular complexity index is 3610. The van der Waals surface area contributed by atoms with Gasteiger partial charge in [0.05, 0.1) is 11.0 Å². The lowest BCUT2D eigenvalue weighted by atomic mass is 9.95. The normalized spacial score (nSPS) is 11.5. The van der Waals surface area contributed by atoms with Crippen LogP contribution < -0.4 is 0 Å². The minimum atomic E-state index is 0.902. The minimum Gasteiger partial charge on any atom is -0.455 e. The average Bonchev–Trinajstić information content (AvgIpc) is 3.88. The first kappa shape index (κ1) is 36.4.